The van der Waals surface area contributed by atoms with Crippen molar-refractivity contribution in [1.82, 2.24) is 5.32 Å². The van der Waals surface area contributed by atoms with Gasteiger partial charge >= 0.3 is 0 Å². The lowest BCUT2D eigenvalue weighted by molar-refractivity contribution is 0.0131. The Morgan fingerprint density at radius 3 is 2.40 bits per heavy atom. The van der Waals surface area contributed by atoms with Gasteiger partial charge in [-0.05, 0) is 25.8 Å². The van der Waals surface area contributed by atoms with Crippen LogP contribution in [0.3, 0.4) is 0 Å². The highest BCUT2D eigenvalue weighted by molar-refractivity contribution is 4.71. The number of hydrogen-bond donors (Lipinski definition) is 1. The molecule has 4 heteroatoms. The summed E-state index contributed by atoms with van der Waals surface area (Å²) >= 11 is 0. The van der Waals surface area contributed by atoms with E-state index in [1.165, 1.54) is 0 Å². The van der Waals surface area contributed by atoms with E-state index in [1.54, 1.807) is 0 Å². The maximum Gasteiger partial charge on any atom is 0.261 e. The van der Waals surface area contributed by atoms with Crippen LogP contribution in [0.4, 0.5) is 8.78 Å². The largest absolute Gasteiger partial charge is 0.375 e. The number of hydrogen-bond acceptors (Lipinski definition) is 2. The fourth-order valence-corrected chi connectivity index (χ4v) is 1.75. The molecule has 0 aromatic heterocycles. The molecule has 0 aliphatic carbocycles. The second kappa shape index (κ2) is 9.04. The van der Waals surface area contributed by atoms with Crippen molar-refractivity contribution in [2.45, 2.75) is 45.6 Å². The average molecular weight is 223 g/mol. The molecule has 0 aliphatic rings. The Balaban J connectivity index is 3.60. The van der Waals surface area contributed by atoms with Gasteiger partial charge in [0.1, 0.15) is 6.61 Å². The summed E-state index contributed by atoms with van der Waals surface area (Å²) in [7, 11) is 1.91. The highest BCUT2D eigenvalue weighted by atomic mass is 19.3. The van der Waals surface area contributed by atoms with Gasteiger partial charge in [-0.15, -0.1) is 0 Å². The molecule has 0 aliphatic heterocycles. The minimum Gasteiger partial charge on any atom is -0.375 e. The lowest BCUT2D eigenvalue weighted by Gasteiger charge is -2.23. The molecule has 0 aromatic carbocycles. The maximum absolute atomic E-state index is 11.8. The second-order valence-electron chi connectivity index (χ2n) is 3.92. The Kier molecular flexibility index (Phi) is 8.91. The van der Waals surface area contributed by atoms with Crippen molar-refractivity contribution in [3.8, 4) is 0 Å². The molecule has 0 bridgehead atoms. The van der Waals surface area contributed by atoms with Crippen LogP contribution in [0.2, 0.25) is 0 Å². The standard InChI is InChI=1S/C11H23F2NO/c1-4-5-9(2)10(14-3)6-7-15-8-11(12)13/h9-11,14H,4-8H2,1-3H3. The molecule has 1 N–H and O–H groups in total. The molecular formula is C11H23F2NO. The van der Waals surface area contributed by atoms with Crippen molar-refractivity contribution >= 4 is 0 Å². The molecule has 0 heterocycles. The second-order valence-corrected chi connectivity index (χ2v) is 3.92. The molecule has 0 saturated heterocycles. The number of nitrogens with one attached hydrogen (secondary N) is 1. The number of rotatable bonds is 9. The smallest absolute Gasteiger partial charge is 0.261 e. The van der Waals surface area contributed by atoms with Gasteiger partial charge in [-0.3, -0.25) is 0 Å². The zero-order valence-corrected chi connectivity index (χ0v) is 9.93. The highest BCUT2D eigenvalue weighted by Crippen LogP contribution is 2.13. The molecule has 15 heavy (non-hydrogen) atoms. The fourth-order valence-electron chi connectivity index (χ4n) is 1.75. The van der Waals surface area contributed by atoms with Crippen molar-refractivity contribution in [2.24, 2.45) is 5.92 Å². The van der Waals surface area contributed by atoms with E-state index in [-0.39, 0.29) is 0 Å². The molecule has 0 saturated carbocycles. The molecule has 0 rings (SSSR count). The van der Waals surface area contributed by atoms with Crippen molar-refractivity contribution in [3.63, 3.8) is 0 Å². The van der Waals surface area contributed by atoms with Gasteiger partial charge in [0.05, 0.1) is 0 Å². The summed E-state index contributed by atoms with van der Waals surface area (Å²) in [5.41, 5.74) is 0. The van der Waals surface area contributed by atoms with Crippen molar-refractivity contribution < 1.29 is 13.5 Å². The molecule has 2 atom stereocenters. The van der Waals surface area contributed by atoms with Crippen LogP contribution in [-0.2, 0) is 4.74 Å². The Hall–Kier alpha value is -0.220. The summed E-state index contributed by atoms with van der Waals surface area (Å²) in [6.45, 7) is 4.29. The van der Waals surface area contributed by atoms with E-state index in [2.05, 4.69) is 19.2 Å². The summed E-state index contributed by atoms with van der Waals surface area (Å²) < 4.78 is 28.4. The first-order valence-electron chi connectivity index (χ1n) is 5.64. The van der Waals surface area contributed by atoms with E-state index in [9.17, 15) is 8.78 Å². The molecule has 0 amide bonds. The van der Waals surface area contributed by atoms with E-state index < -0.39 is 13.0 Å². The third kappa shape index (κ3) is 7.68. The Morgan fingerprint density at radius 2 is 1.93 bits per heavy atom. The minimum atomic E-state index is -2.36. The summed E-state index contributed by atoms with van der Waals surface area (Å²) in [5.74, 6) is 0.565. The number of halogens is 2. The molecule has 0 aromatic rings. The van der Waals surface area contributed by atoms with E-state index >= 15 is 0 Å². The maximum atomic E-state index is 11.8. The lowest BCUT2D eigenvalue weighted by Crippen LogP contribution is -2.33. The van der Waals surface area contributed by atoms with Crippen LogP contribution in [0, 0.1) is 5.92 Å². The first-order valence-corrected chi connectivity index (χ1v) is 5.64. The van der Waals surface area contributed by atoms with Crippen LogP contribution in [-0.4, -0.2) is 32.7 Å². The molecule has 0 spiro atoms. The van der Waals surface area contributed by atoms with E-state index in [0.717, 1.165) is 19.3 Å². The van der Waals surface area contributed by atoms with Crippen LogP contribution in [0.15, 0.2) is 0 Å². The van der Waals surface area contributed by atoms with Gasteiger partial charge < -0.3 is 10.1 Å². The van der Waals surface area contributed by atoms with E-state index in [1.807, 2.05) is 7.05 Å². The van der Waals surface area contributed by atoms with Gasteiger partial charge in [0, 0.05) is 12.6 Å². The summed E-state index contributed by atoms with van der Waals surface area (Å²) in [5, 5.41) is 3.21. The SMILES string of the molecule is CCCC(C)C(CCOCC(F)F)NC. The van der Waals surface area contributed by atoms with Gasteiger partial charge in [0.2, 0.25) is 0 Å². The predicted octanol–water partition coefficient (Wildman–Crippen LogP) is 2.68. The monoisotopic (exact) mass is 223 g/mol. The van der Waals surface area contributed by atoms with Crippen LogP contribution in [0.1, 0.15) is 33.1 Å². The van der Waals surface area contributed by atoms with Crippen molar-refractivity contribution in [1.29, 1.82) is 0 Å². The third-order valence-electron chi connectivity index (χ3n) is 2.62. The Bertz CT molecular complexity index is 145. The van der Waals surface area contributed by atoms with Gasteiger partial charge in [-0.25, -0.2) is 8.78 Å². The van der Waals surface area contributed by atoms with E-state index in [4.69, 9.17) is 4.74 Å². The molecule has 92 valence electrons. The quantitative estimate of drug-likeness (QED) is 0.607. The molecule has 2 unspecified atom stereocenters. The van der Waals surface area contributed by atoms with E-state index in [0.29, 0.717) is 18.6 Å². The lowest BCUT2D eigenvalue weighted by atomic mass is 9.95. The predicted molar refractivity (Wildman–Crippen MR) is 58.4 cm³/mol. The van der Waals surface area contributed by atoms with Gasteiger partial charge in [0.25, 0.3) is 6.43 Å². The van der Waals surface area contributed by atoms with Crippen LogP contribution in [0.25, 0.3) is 0 Å². The van der Waals surface area contributed by atoms with Crippen LogP contribution >= 0.6 is 0 Å². The zero-order chi connectivity index (χ0) is 11.7. The normalized spacial score (nSPS) is 15.6. The molecular weight excluding hydrogens is 200 g/mol. The fraction of sp³-hybridized carbons (Fsp3) is 1.00. The van der Waals surface area contributed by atoms with Crippen molar-refractivity contribution in [3.05, 3.63) is 0 Å². The molecule has 0 radical (unpaired) electrons. The van der Waals surface area contributed by atoms with Gasteiger partial charge in [-0.1, -0.05) is 20.3 Å². The molecule has 2 nitrogen and oxygen atoms in total. The zero-order valence-electron chi connectivity index (χ0n) is 9.93. The summed E-state index contributed by atoms with van der Waals surface area (Å²) in [4.78, 5) is 0. The van der Waals surface area contributed by atoms with Gasteiger partial charge in [-0.2, -0.15) is 0 Å². The van der Waals surface area contributed by atoms with Crippen LogP contribution < -0.4 is 5.32 Å². The summed E-state index contributed by atoms with van der Waals surface area (Å²) in [6.07, 6.45) is 0.744. The Labute approximate surface area is 91.4 Å². The van der Waals surface area contributed by atoms with Crippen LogP contribution in [0.5, 0.6) is 0 Å². The number of ether oxygens (including phenoxy) is 1. The van der Waals surface area contributed by atoms with Gasteiger partial charge in [0.15, 0.2) is 0 Å². The van der Waals surface area contributed by atoms with Crippen molar-refractivity contribution in [2.75, 3.05) is 20.3 Å². The highest BCUT2D eigenvalue weighted by Gasteiger charge is 2.14. The first-order chi connectivity index (χ1) is 7.11. The first kappa shape index (κ1) is 14.8. The molecule has 0 fully saturated rings. The number of alkyl halides is 2. The average Bonchev–Trinajstić information content (AvgIpc) is 2.17. The Morgan fingerprint density at radius 1 is 1.27 bits per heavy atom. The summed E-state index contributed by atoms with van der Waals surface area (Å²) in [6, 6.07) is 0.364. The minimum absolute atomic E-state index is 0.364. The third-order valence-corrected chi connectivity index (χ3v) is 2.62. The topological polar surface area (TPSA) is 21.3 Å².